The first-order chi connectivity index (χ1) is 8.25. The third kappa shape index (κ3) is 1.66. The van der Waals surface area contributed by atoms with E-state index in [9.17, 15) is 9.90 Å². The van der Waals surface area contributed by atoms with E-state index in [1.807, 2.05) is 0 Å². The van der Waals surface area contributed by atoms with Crippen LogP contribution in [0.25, 0.3) is 5.52 Å². The van der Waals surface area contributed by atoms with Gasteiger partial charge in [-0.05, 0) is 6.42 Å². The van der Waals surface area contributed by atoms with E-state index < -0.39 is 6.10 Å². The molecule has 1 aliphatic heterocycles. The van der Waals surface area contributed by atoms with Gasteiger partial charge in [-0.15, -0.1) is 0 Å². The van der Waals surface area contributed by atoms with Gasteiger partial charge in [0.25, 0.3) is 5.91 Å². The third-order valence-electron chi connectivity index (χ3n) is 3.01. The van der Waals surface area contributed by atoms with Crippen LogP contribution in [0.15, 0.2) is 24.8 Å². The molecule has 1 unspecified atom stereocenters. The van der Waals surface area contributed by atoms with Crippen LogP contribution in [-0.4, -0.2) is 49.7 Å². The van der Waals surface area contributed by atoms with Crippen molar-refractivity contribution in [2.75, 3.05) is 13.1 Å². The summed E-state index contributed by atoms with van der Waals surface area (Å²) in [4.78, 5) is 17.8. The minimum Gasteiger partial charge on any atom is -0.391 e. The van der Waals surface area contributed by atoms with Crippen LogP contribution in [0.1, 0.15) is 16.8 Å². The number of carbonyl (C=O) groups excluding carboxylic acids is 1. The Kier molecular flexibility index (Phi) is 2.29. The standard InChI is InChI=1S/C11H12N4O2/c16-8-1-3-14(7-8)11(17)9-5-13-15-4-2-12-6-10(9)15/h2,4-6,8,16H,1,3,7H2. The van der Waals surface area contributed by atoms with Gasteiger partial charge in [-0.25, -0.2) is 4.52 Å². The molecule has 1 fully saturated rings. The second-order valence-corrected chi connectivity index (χ2v) is 4.16. The Hall–Kier alpha value is -1.95. The number of aliphatic hydroxyl groups is 1. The second kappa shape index (κ2) is 3.81. The zero-order valence-corrected chi connectivity index (χ0v) is 9.15. The molecule has 88 valence electrons. The lowest BCUT2D eigenvalue weighted by atomic mass is 10.2. The van der Waals surface area contributed by atoms with Crippen molar-refractivity contribution in [3.63, 3.8) is 0 Å². The van der Waals surface area contributed by atoms with Crippen LogP contribution in [-0.2, 0) is 0 Å². The van der Waals surface area contributed by atoms with Gasteiger partial charge in [-0.3, -0.25) is 9.78 Å². The van der Waals surface area contributed by atoms with Crippen molar-refractivity contribution in [3.05, 3.63) is 30.4 Å². The van der Waals surface area contributed by atoms with Crippen LogP contribution in [0, 0.1) is 0 Å². The van der Waals surface area contributed by atoms with Crippen LogP contribution in [0.5, 0.6) is 0 Å². The molecule has 1 amide bonds. The predicted octanol–water partition coefficient (Wildman–Crippen LogP) is -0.0639. The number of aliphatic hydroxyl groups excluding tert-OH is 1. The van der Waals surface area contributed by atoms with E-state index in [1.165, 1.54) is 0 Å². The maximum Gasteiger partial charge on any atom is 0.257 e. The van der Waals surface area contributed by atoms with E-state index in [2.05, 4.69) is 10.1 Å². The molecule has 17 heavy (non-hydrogen) atoms. The molecule has 0 radical (unpaired) electrons. The first-order valence-corrected chi connectivity index (χ1v) is 5.50. The summed E-state index contributed by atoms with van der Waals surface area (Å²) in [5.41, 5.74) is 1.23. The van der Waals surface area contributed by atoms with Crippen molar-refractivity contribution in [2.45, 2.75) is 12.5 Å². The fraction of sp³-hybridized carbons (Fsp3) is 0.364. The summed E-state index contributed by atoms with van der Waals surface area (Å²) >= 11 is 0. The molecule has 0 spiro atoms. The number of rotatable bonds is 1. The Morgan fingerprint density at radius 1 is 1.47 bits per heavy atom. The van der Waals surface area contributed by atoms with Gasteiger partial charge in [0, 0.05) is 25.5 Å². The molecule has 1 N–H and O–H groups in total. The van der Waals surface area contributed by atoms with E-state index in [-0.39, 0.29) is 5.91 Å². The Balaban J connectivity index is 1.96. The molecule has 2 aromatic heterocycles. The van der Waals surface area contributed by atoms with E-state index >= 15 is 0 Å². The number of aromatic nitrogens is 3. The van der Waals surface area contributed by atoms with E-state index in [4.69, 9.17) is 0 Å². The Morgan fingerprint density at radius 3 is 3.12 bits per heavy atom. The zero-order chi connectivity index (χ0) is 11.8. The number of β-amino-alcohol motifs (C(OH)–C–C–N with tert-alkyl or cyclic N) is 1. The van der Waals surface area contributed by atoms with Crippen molar-refractivity contribution in [2.24, 2.45) is 0 Å². The smallest absolute Gasteiger partial charge is 0.257 e. The Bertz CT molecular complexity index is 565. The molecule has 6 heteroatoms. The maximum absolute atomic E-state index is 12.2. The summed E-state index contributed by atoms with van der Waals surface area (Å²) in [5.74, 6) is -0.0930. The van der Waals surface area contributed by atoms with Crippen molar-refractivity contribution in [3.8, 4) is 0 Å². The highest BCUT2D eigenvalue weighted by Crippen LogP contribution is 2.16. The number of hydrogen-bond acceptors (Lipinski definition) is 4. The topological polar surface area (TPSA) is 70.7 Å². The summed E-state index contributed by atoms with van der Waals surface area (Å²) in [6.07, 6.45) is 6.72. The fourth-order valence-corrected chi connectivity index (χ4v) is 2.10. The zero-order valence-electron chi connectivity index (χ0n) is 9.15. The van der Waals surface area contributed by atoms with Crippen LogP contribution < -0.4 is 0 Å². The number of carbonyl (C=O) groups is 1. The minimum atomic E-state index is -0.404. The molecular formula is C11H12N4O2. The molecule has 3 heterocycles. The lowest BCUT2D eigenvalue weighted by Crippen LogP contribution is -2.29. The van der Waals surface area contributed by atoms with Crippen molar-refractivity contribution < 1.29 is 9.90 Å². The maximum atomic E-state index is 12.2. The first kappa shape index (κ1) is 10.2. The molecule has 6 nitrogen and oxygen atoms in total. The van der Waals surface area contributed by atoms with Crippen molar-refractivity contribution in [1.29, 1.82) is 0 Å². The van der Waals surface area contributed by atoms with Gasteiger partial charge >= 0.3 is 0 Å². The Labute approximate surface area is 97.5 Å². The monoisotopic (exact) mass is 232 g/mol. The summed E-state index contributed by atoms with van der Waals surface area (Å²) in [6.45, 7) is 0.994. The van der Waals surface area contributed by atoms with Crippen LogP contribution >= 0.6 is 0 Å². The fourth-order valence-electron chi connectivity index (χ4n) is 2.10. The van der Waals surface area contributed by atoms with Gasteiger partial charge in [-0.2, -0.15) is 5.10 Å². The molecule has 0 aliphatic carbocycles. The second-order valence-electron chi connectivity index (χ2n) is 4.16. The molecule has 0 aromatic carbocycles. The van der Waals surface area contributed by atoms with Crippen molar-refractivity contribution >= 4 is 11.4 Å². The highest BCUT2D eigenvalue weighted by atomic mass is 16.3. The van der Waals surface area contributed by atoms with Crippen LogP contribution in [0.4, 0.5) is 0 Å². The molecule has 1 saturated heterocycles. The molecule has 1 atom stereocenters. The van der Waals surface area contributed by atoms with Crippen molar-refractivity contribution in [1.82, 2.24) is 19.5 Å². The van der Waals surface area contributed by atoms with Gasteiger partial charge < -0.3 is 10.0 Å². The van der Waals surface area contributed by atoms with Gasteiger partial charge in [-0.1, -0.05) is 0 Å². The third-order valence-corrected chi connectivity index (χ3v) is 3.01. The van der Waals surface area contributed by atoms with Gasteiger partial charge in [0.15, 0.2) is 0 Å². The van der Waals surface area contributed by atoms with Crippen LogP contribution in [0.3, 0.4) is 0 Å². The molecule has 1 aliphatic rings. The van der Waals surface area contributed by atoms with Gasteiger partial charge in [0.1, 0.15) is 0 Å². The molecule has 3 rings (SSSR count). The first-order valence-electron chi connectivity index (χ1n) is 5.50. The SMILES string of the molecule is O=C(c1cnn2ccncc12)N1CCC(O)C1. The summed E-state index contributed by atoms with van der Waals surface area (Å²) in [6, 6.07) is 0. The summed E-state index contributed by atoms with van der Waals surface area (Å²) < 4.78 is 1.62. The highest BCUT2D eigenvalue weighted by Gasteiger charge is 2.27. The molecule has 2 aromatic rings. The quantitative estimate of drug-likeness (QED) is 0.747. The normalized spacial score (nSPS) is 20.1. The van der Waals surface area contributed by atoms with Gasteiger partial charge in [0.05, 0.1) is 29.6 Å². The lowest BCUT2D eigenvalue weighted by Gasteiger charge is -2.14. The number of hydrogen-bond donors (Lipinski definition) is 1. The summed E-state index contributed by atoms with van der Waals surface area (Å²) in [7, 11) is 0. The van der Waals surface area contributed by atoms with Gasteiger partial charge in [0.2, 0.25) is 0 Å². The lowest BCUT2D eigenvalue weighted by molar-refractivity contribution is 0.0767. The average Bonchev–Trinajstić information content (AvgIpc) is 2.94. The van der Waals surface area contributed by atoms with E-state index in [0.29, 0.717) is 30.6 Å². The minimum absolute atomic E-state index is 0.0930. The number of amides is 1. The predicted molar refractivity (Wildman–Crippen MR) is 59.5 cm³/mol. The Morgan fingerprint density at radius 2 is 2.35 bits per heavy atom. The summed E-state index contributed by atoms with van der Waals surface area (Å²) in [5, 5.41) is 13.5. The molecular weight excluding hydrogens is 220 g/mol. The largest absolute Gasteiger partial charge is 0.391 e. The number of fused-ring (bicyclic) bond motifs is 1. The van der Waals surface area contributed by atoms with E-state index in [1.54, 1.807) is 34.2 Å². The number of nitrogens with zero attached hydrogens (tertiary/aromatic N) is 4. The number of likely N-dealkylation sites (tertiary alicyclic amines) is 1. The van der Waals surface area contributed by atoms with Crippen LogP contribution in [0.2, 0.25) is 0 Å². The highest BCUT2D eigenvalue weighted by molar-refractivity contribution is 6.00. The molecule has 0 saturated carbocycles. The average molecular weight is 232 g/mol. The molecule has 0 bridgehead atoms. The van der Waals surface area contributed by atoms with E-state index in [0.717, 1.165) is 0 Å².